The zero-order valence-corrected chi connectivity index (χ0v) is 28.2. The van der Waals surface area contributed by atoms with Crippen LogP contribution in [0.2, 0.25) is 0 Å². The van der Waals surface area contributed by atoms with Gasteiger partial charge in [-0.3, -0.25) is 9.97 Å². The lowest BCUT2D eigenvalue weighted by molar-refractivity contribution is 0.0204. The van der Waals surface area contributed by atoms with E-state index in [4.69, 9.17) is 9.47 Å². The summed E-state index contributed by atoms with van der Waals surface area (Å²) >= 11 is 3.50. The minimum Gasteiger partial charge on any atom is -0.495 e. The zero-order chi connectivity index (χ0) is 32.4. The number of methoxy groups -OCH3 is 1. The summed E-state index contributed by atoms with van der Waals surface area (Å²) in [5, 5.41) is 6.49. The van der Waals surface area contributed by atoms with Crippen LogP contribution >= 0.6 is 15.9 Å². The Morgan fingerprint density at radius 1 is 1.04 bits per heavy atom. The summed E-state index contributed by atoms with van der Waals surface area (Å²) in [6.07, 6.45) is 7.25. The molecule has 1 amide bonds. The third kappa shape index (κ3) is 8.17. The molecule has 1 fully saturated rings. The summed E-state index contributed by atoms with van der Waals surface area (Å²) in [4.78, 5) is 32.0. The molecule has 1 aliphatic heterocycles. The van der Waals surface area contributed by atoms with Gasteiger partial charge in [-0.25, -0.2) is 18.2 Å². The number of halogens is 1. The number of anilines is 4. The number of sulfone groups is 1. The molecule has 0 bridgehead atoms. The van der Waals surface area contributed by atoms with Gasteiger partial charge in [-0.1, -0.05) is 6.07 Å². The van der Waals surface area contributed by atoms with Crippen LogP contribution in [0, 0.1) is 0 Å². The second kappa shape index (κ2) is 13.1. The van der Waals surface area contributed by atoms with Crippen molar-refractivity contribution >= 4 is 66.0 Å². The van der Waals surface area contributed by atoms with Gasteiger partial charge in [-0.05, 0) is 85.3 Å². The number of nitrogens with one attached hydrogen (secondary N) is 2. The zero-order valence-electron chi connectivity index (χ0n) is 25.8. The van der Waals surface area contributed by atoms with E-state index in [9.17, 15) is 13.2 Å². The van der Waals surface area contributed by atoms with Crippen molar-refractivity contribution < 1.29 is 22.7 Å². The fraction of sp³-hybridized carbons (Fsp3) is 0.387. The van der Waals surface area contributed by atoms with Crippen LogP contribution < -0.4 is 15.4 Å². The first kappa shape index (κ1) is 32.4. The second-order valence-electron chi connectivity index (χ2n) is 11.9. The molecule has 4 aromatic rings. The van der Waals surface area contributed by atoms with Gasteiger partial charge in [0.05, 0.1) is 34.1 Å². The first-order valence-corrected chi connectivity index (χ1v) is 17.3. The number of fused-ring (bicyclic) bond motifs is 1. The minimum atomic E-state index is -3.38. The van der Waals surface area contributed by atoms with E-state index in [2.05, 4.69) is 46.5 Å². The summed E-state index contributed by atoms with van der Waals surface area (Å²) in [5.41, 5.74) is 3.41. The summed E-state index contributed by atoms with van der Waals surface area (Å²) in [6, 6.07) is 9.52. The molecule has 0 radical (unpaired) electrons. The van der Waals surface area contributed by atoms with E-state index >= 15 is 0 Å². The van der Waals surface area contributed by atoms with Crippen molar-refractivity contribution in [3.8, 4) is 5.75 Å². The SMILES string of the molecule is COc1cc(C2CCN(C(=O)OC(C)(C)C)CC2)ccc1Nc1ncc(Br)c(Nc2ccc3nccnc3c2CS(C)(=O)=O)n1. The highest BCUT2D eigenvalue weighted by molar-refractivity contribution is 9.10. The molecule has 0 atom stereocenters. The van der Waals surface area contributed by atoms with Crippen molar-refractivity contribution in [1.82, 2.24) is 24.8 Å². The molecule has 2 aromatic heterocycles. The lowest BCUT2D eigenvalue weighted by Gasteiger charge is -2.33. The van der Waals surface area contributed by atoms with Gasteiger partial charge >= 0.3 is 6.09 Å². The van der Waals surface area contributed by atoms with Crippen molar-refractivity contribution in [3.05, 3.63) is 64.5 Å². The normalized spacial score (nSPS) is 14.3. The Kier molecular flexibility index (Phi) is 9.44. The van der Waals surface area contributed by atoms with Gasteiger partial charge in [-0.2, -0.15) is 4.98 Å². The van der Waals surface area contributed by atoms with Crippen LogP contribution in [0.1, 0.15) is 50.7 Å². The summed E-state index contributed by atoms with van der Waals surface area (Å²) < 4.78 is 36.4. The van der Waals surface area contributed by atoms with Crippen LogP contribution in [0.5, 0.6) is 5.75 Å². The van der Waals surface area contributed by atoms with Crippen LogP contribution in [0.25, 0.3) is 11.0 Å². The van der Waals surface area contributed by atoms with E-state index in [1.54, 1.807) is 36.5 Å². The highest BCUT2D eigenvalue weighted by atomic mass is 79.9. The maximum absolute atomic E-state index is 12.5. The number of likely N-dealkylation sites (tertiary alicyclic amines) is 1. The van der Waals surface area contributed by atoms with Crippen molar-refractivity contribution in [1.29, 1.82) is 0 Å². The van der Waals surface area contributed by atoms with Crippen molar-refractivity contribution in [2.24, 2.45) is 0 Å². The lowest BCUT2D eigenvalue weighted by Crippen LogP contribution is -2.41. The Bertz CT molecular complexity index is 1820. The van der Waals surface area contributed by atoms with E-state index in [1.807, 2.05) is 39.0 Å². The molecule has 2 aromatic carbocycles. The van der Waals surface area contributed by atoms with Crippen molar-refractivity contribution in [2.75, 3.05) is 37.1 Å². The number of carbonyl (C=O) groups excluding carboxylic acids is 1. The number of hydrogen-bond acceptors (Lipinski definition) is 11. The minimum absolute atomic E-state index is 0.219. The first-order valence-electron chi connectivity index (χ1n) is 14.4. The maximum atomic E-state index is 12.5. The van der Waals surface area contributed by atoms with E-state index < -0.39 is 15.4 Å². The average Bonchev–Trinajstić information content (AvgIpc) is 2.98. The third-order valence-corrected chi connectivity index (χ3v) is 8.63. The predicted molar refractivity (Wildman–Crippen MR) is 177 cm³/mol. The van der Waals surface area contributed by atoms with Gasteiger partial charge in [-0.15, -0.1) is 0 Å². The molecule has 12 nitrogen and oxygen atoms in total. The summed E-state index contributed by atoms with van der Waals surface area (Å²) in [7, 11) is -1.77. The molecule has 14 heteroatoms. The van der Waals surface area contributed by atoms with Gasteiger partial charge in [0, 0.05) is 49.2 Å². The molecular weight excluding hydrogens is 662 g/mol. The smallest absolute Gasteiger partial charge is 0.410 e. The van der Waals surface area contributed by atoms with Gasteiger partial charge in [0.2, 0.25) is 5.95 Å². The Morgan fingerprint density at radius 2 is 1.76 bits per heavy atom. The van der Waals surface area contributed by atoms with Crippen LogP contribution in [0.15, 0.2) is 53.4 Å². The molecule has 1 aliphatic rings. The number of hydrogen-bond donors (Lipinski definition) is 2. The molecule has 3 heterocycles. The van der Waals surface area contributed by atoms with Crippen molar-refractivity contribution in [3.63, 3.8) is 0 Å². The fourth-order valence-corrected chi connectivity index (χ4v) is 6.28. The number of ether oxygens (including phenoxy) is 2. The molecule has 238 valence electrons. The Balaban J connectivity index is 1.33. The van der Waals surface area contributed by atoms with Gasteiger partial charge in [0.25, 0.3) is 0 Å². The topological polar surface area (TPSA) is 149 Å². The van der Waals surface area contributed by atoms with Crippen LogP contribution in [-0.2, 0) is 20.3 Å². The number of carbonyl (C=O) groups is 1. The highest BCUT2D eigenvalue weighted by Crippen LogP contribution is 2.36. The quantitative estimate of drug-likeness (QED) is 0.212. The van der Waals surface area contributed by atoms with Crippen molar-refractivity contribution in [2.45, 2.75) is 50.9 Å². The number of aromatic nitrogens is 4. The van der Waals surface area contributed by atoms with E-state index in [0.29, 0.717) is 63.0 Å². The highest BCUT2D eigenvalue weighted by Gasteiger charge is 2.28. The van der Waals surface area contributed by atoms with E-state index in [1.165, 1.54) is 12.5 Å². The number of rotatable bonds is 8. The Morgan fingerprint density at radius 3 is 2.44 bits per heavy atom. The molecule has 0 unspecified atom stereocenters. The second-order valence-corrected chi connectivity index (χ2v) is 14.9. The third-order valence-electron chi connectivity index (χ3n) is 7.24. The molecule has 0 saturated carbocycles. The number of nitrogens with zero attached hydrogens (tertiary/aromatic N) is 5. The summed E-state index contributed by atoms with van der Waals surface area (Å²) in [6.45, 7) is 6.86. The largest absolute Gasteiger partial charge is 0.495 e. The number of benzene rings is 2. The molecule has 45 heavy (non-hydrogen) atoms. The molecule has 2 N–H and O–H groups in total. The molecule has 5 rings (SSSR count). The summed E-state index contributed by atoms with van der Waals surface area (Å²) in [5.74, 6) is 1.43. The van der Waals surface area contributed by atoms with E-state index in [-0.39, 0.29) is 17.8 Å². The Labute approximate surface area is 271 Å². The Hall–Kier alpha value is -4.04. The molecular formula is C31H36BrN7O5S. The monoisotopic (exact) mass is 697 g/mol. The predicted octanol–water partition coefficient (Wildman–Crippen LogP) is 6.34. The van der Waals surface area contributed by atoms with Gasteiger partial charge < -0.3 is 25.0 Å². The van der Waals surface area contributed by atoms with Gasteiger partial charge in [0.15, 0.2) is 9.84 Å². The lowest BCUT2D eigenvalue weighted by atomic mass is 9.89. The van der Waals surface area contributed by atoms with Crippen LogP contribution in [-0.4, -0.2) is 71.4 Å². The van der Waals surface area contributed by atoms with Gasteiger partial charge in [0.1, 0.15) is 17.2 Å². The van der Waals surface area contributed by atoms with E-state index in [0.717, 1.165) is 18.4 Å². The number of amides is 1. The van der Waals surface area contributed by atoms with Crippen LogP contribution in [0.4, 0.5) is 27.9 Å². The molecule has 1 saturated heterocycles. The number of piperidine rings is 1. The molecule has 0 aliphatic carbocycles. The first-order chi connectivity index (χ1) is 21.3. The molecule has 0 spiro atoms. The van der Waals surface area contributed by atoms with Crippen LogP contribution in [0.3, 0.4) is 0 Å². The fourth-order valence-electron chi connectivity index (χ4n) is 5.17. The average molecular weight is 699 g/mol. The standard InChI is InChI=1S/C31H36BrN7O5S/c1-31(2,3)44-30(40)39-14-10-19(11-15-39)20-6-7-24(26(16-20)43-4)37-29-35-17-22(32)28(38-29)36-23-8-9-25-27(34-13-12-33-25)21(23)18-45(5,41)42/h6-9,12-13,16-17,19H,10-11,14-15,18H2,1-5H3,(H2,35,36,37,38). The maximum Gasteiger partial charge on any atom is 0.410 e.